The van der Waals surface area contributed by atoms with Crippen molar-refractivity contribution in [3.63, 3.8) is 0 Å². The van der Waals surface area contributed by atoms with Crippen LogP contribution < -0.4 is 5.32 Å². The molecule has 2 amide bonds. The third-order valence-electron chi connectivity index (χ3n) is 4.87. The van der Waals surface area contributed by atoms with Crippen molar-refractivity contribution >= 4 is 11.8 Å². The Kier molecular flexibility index (Phi) is 5.14. The number of aromatic nitrogens is 2. The highest BCUT2D eigenvalue weighted by Crippen LogP contribution is 2.31. The van der Waals surface area contributed by atoms with E-state index < -0.39 is 5.91 Å². The molecular formula is C21H20N4O3. The molecule has 1 unspecified atom stereocenters. The Labute approximate surface area is 162 Å². The summed E-state index contributed by atoms with van der Waals surface area (Å²) in [6, 6.07) is 14.9. The smallest absolute Gasteiger partial charge is 0.273 e. The maximum absolute atomic E-state index is 12.6. The van der Waals surface area contributed by atoms with Crippen molar-refractivity contribution in [1.29, 1.82) is 0 Å². The van der Waals surface area contributed by atoms with Crippen LogP contribution in [-0.2, 0) is 4.79 Å². The third-order valence-corrected chi connectivity index (χ3v) is 4.87. The van der Waals surface area contributed by atoms with Crippen LogP contribution in [0, 0.1) is 0 Å². The second-order valence-electron chi connectivity index (χ2n) is 6.65. The van der Waals surface area contributed by atoms with Crippen molar-refractivity contribution in [1.82, 2.24) is 20.4 Å². The standard InChI is InChI=1S/C21H20N4O3/c26-20(25-12-4-7-18(25)15-8-10-22-11-9-15)14-23-21(27)17-13-19(28-24-17)16-5-2-1-3-6-16/h1-3,5-6,8-11,13,18H,4,7,12,14H2,(H,23,27). The molecule has 1 aromatic carbocycles. The number of carbonyl (C=O) groups is 2. The fourth-order valence-corrected chi connectivity index (χ4v) is 3.47. The molecule has 0 saturated carbocycles. The van der Waals surface area contributed by atoms with Gasteiger partial charge < -0.3 is 14.7 Å². The molecule has 1 atom stereocenters. The summed E-state index contributed by atoms with van der Waals surface area (Å²) in [5.41, 5.74) is 2.05. The highest BCUT2D eigenvalue weighted by molar-refractivity contribution is 5.95. The average molecular weight is 376 g/mol. The van der Waals surface area contributed by atoms with Crippen molar-refractivity contribution in [3.8, 4) is 11.3 Å². The molecule has 1 fully saturated rings. The van der Waals surface area contributed by atoms with Gasteiger partial charge in [0.15, 0.2) is 11.5 Å². The minimum absolute atomic E-state index is 0.0316. The molecule has 3 aromatic rings. The van der Waals surface area contributed by atoms with Crippen LogP contribution in [0.3, 0.4) is 0 Å². The zero-order valence-electron chi connectivity index (χ0n) is 15.2. The van der Waals surface area contributed by atoms with Crippen molar-refractivity contribution < 1.29 is 14.1 Å². The van der Waals surface area contributed by atoms with E-state index in [2.05, 4.69) is 15.5 Å². The zero-order valence-corrected chi connectivity index (χ0v) is 15.2. The highest BCUT2D eigenvalue weighted by Gasteiger charge is 2.30. The molecule has 0 radical (unpaired) electrons. The number of hydrogen-bond donors (Lipinski definition) is 1. The molecule has 28 heavy (non-hydrogen) atoms. The molecule has 0 bridgehead atoms. The molecule has 0 aliphatic carbocycles. The van der Waals surface area contributed by atoms with Crippen molar-refractivity contribution in [2.75, 3.05) is 13.1 Å². The number of benzene rings is 1. The number of rotatable bonds is 5. The Bertz CT molecular complexity index is 956. The molecule has 7 heteroatoms. The Hall–Kier alpha value is -3.48. The van der Waals surface area contributed by atoms with Gasteiger partial charge in [-0.25, -0.2) is 0 Å². The van der Waals surface area contributed by atoms with Crippen molar-refractivity contribution in [2.45, 2.75) is 18.9 Å². The molecule has 7 nitrogen and oxygen atoms in total. The van der Waals surface area contributed by atoms with E-state index in [1.165, 1.54) is 0 Å². The van der Waals surface area contributed by atoms with Crippen molar-refractivity contribution in [2.24, 2.45) is 0 Å². The van der Waals surface area contributed by atoms with E-state index in [-0.39, 0.29) is 24.2 Å². The lowest BCUT2D eigenvalue weighted by Crippen LogP contribution is -2.39. The molecule has 1 N–H and O–H groups in total. The van der Waals surface area contributed by atoms with Gasteiger partial charge in [-0.2, -0.15) is 0 Å². The zero-order chi connectivity index (χ0) is 19.3. The predicted molar refractivity (Wildman–Crippen MR) is 102 cm³/mol. The number of likely N-dealkylation sites (tertiary alicyclic amines) is 1. The first-order valence-electron chi connectivity index (χ1n) is 9.22. The number of nitrogens with zero attached hydrogens (tertiary/aromatic N) is 3. The summed E-state index contributed by atoms with van der Waals surface area (Å²) in [7, 11) is 0. The average Bonchev–Trinajstić information content (AvgIpc) is 3.43. The molecule has 1 saturated heterocycles. The predicted octanol–water partition coefficient (Wildman–Crippen LogP) is 2.83. The van der Waals surface area contributed by atoms with Gasteiger partial charge in [0, 0.05) is 30.6 Å². The summed E-state index contributed by atoms with van der Waals surface area (Å²) in [6.45, 7) is 0.609. The lowest BCUT2D eigenvalue weighted by molar-refractivity contribution is -0.131. The summed E-state index contributed by atoms with van der Waals surface area (Å²) in [6.07, 6.45) is 5.31. The van der Waals surface area contributed by atoms with E-state index in [1.807, 2.05) is 47.4 Å². The number of carbonyl (C=O) groups excluding carboxylic acids is 2. The van der Waals surface area contributed by atoms with Gasteiger partial charge in [0.2, 0.25) is 5.91 Å². The number of amides is 2. The molecule has 0 spiro atoms. The van der Waals surface area contributed by atoms with E-state index in [4.69, 9.17) is 4.52 Å². The Morgan fingerprint density at radius 1 is 1.14 bits per heavy atom. The van der Waals surface area contributed by atoms with Crippen LogP contribution in [0.15, 0.2) is 65.4 Å². The van der Waals surface area contributed by atoms with Crippen LogP contribution in [0.25, 0.3) is 11.3 Å². The second kappa shape index (κ2) is 8.04. The number of hydrogen-bond acceptors (Lipinski definition) is 5. The fraction of sp³-hybridized carbons (Fsp3) is 0.238. The molecule has 1 aliphatic heterocycles. The molecule has 2 aromatic heterocycles. The van der Waals surface area contributed by atoms with Gasteiger partial charge in [0.05, 0.1) is 12.6 Å². The third kappa shape index (κ3) is 3.78. The van der Waals surface area contributed by atoms with Crippen LogP contribution in [-0.4, -0.2) is 39.9 Å². The summed E-state index contributed by atoms with van der Waals surface area (Å²) in [5.74, 6) is -0.0345. The van der Waals surface area contributed by atoms with Crippen LogP contribution in [0.4, 0.5) is 0 Å². The molecule has 4 rings (SSSR count). The number of pyridine rings is 1. The summed E-state index contributed by atoms with van der Waals surface area (Å²) >= 11 is 0. The van der Waals surface area contributed by atoms with Crippen LogP contribution in [0.1, 0.15) is 34.9 Å². The molecule has 3 heterocycles. The normalized spacial score (nSPS) is 16.1. The minimum atomic E-state index is -0.432. The van der Waals surface area contributed by atoms with Gasteiger partial charge in [-0.15, -0.1) is 0 Å². The first kappa shape index (κ1) is 17.9. The van der Waals surface area contributed by atoms with Crippen molar-refractivity contribution in [3.05, 3.63) is 72.2 Å². The summed E-state index contributed by atoms with van der Waals surface area (Å²) < 4.78 is 5.24. The van der Waals surface area contributed by atoms with Crippen LogP contribution in [0.5, 0.6) is 0 Å². The second-order valence-corrected chi connectivity index (χ2v) is 6.65. The molecule has 1 aliphatic rings. The lowest BCUT2D eigenvalue weighted by Gasteiger charge is -2.25. The Balaban J connectivity index is 1.37. The van der Waals surface area contributed by atoms with Crippen LogP contribution >= 0.6 is 0 Å². The first-order chi connectivity index (χ1) is 13.7. The van der Waals surface area contributed by atoms with E-state index in [1.54, 1.807) is 18.5 Å². The highest BCUT2D eigenvalue weighted by atomic mass is 16.5. The monoisotopic (exact) mass is 376 g/mol. The maximum Gasteiger partial charge on any atom is 0.273 e. The fourth-order valence-electron chi connectivity index (χ4n) is 3.47. The first-order valence-corrected chi connectivity index (χ1v) is 9.22. The van der Waals surface area contributed by atoms with E-state index >= 15 is 0 Å². The van der Waals surface area contributed by atoms with E-state index in [0.29, 0.717) is 12.3 Å². The summed E-state index contributed by atoms with van der Waals surface area (Å²) in [5, 5.41) is 6.46. The van der Waals surface area contributed by atoms with Gasteiger partial charge in [-0.05, 0) is 30.5 Å². The van der Waals surface area contributed by atoms with E-state index in [9.17, 15) is 9.59 Å². The quantitative estimate of drug-likeness (QED) is 0.740. The lowest BCUT2D eigenvalue weighted by atomic mass is 10.1. The Morgan fingerprint density at radius 2 is 1.93 bits per heavy atom. The number of nitrogens with one attached hydrogen (secondary N) is 1. The molecular weight excluding hydrogens is 356 g/mol. The van der Waals surface area contributed by atoms with E-state index in [0.717, 1.165) is 24.0 Å². The van der Waals surface area contributed by atoms with Gasteiger partial charge in [0.1, 0.15) is 0 Å². The van der Waals surface area contributed by atoms with Gasteiger partial charge in [-0.3, -0.25) is 14.6 Å². The maximum atomic E-state index is 12.6. The topological polar surface area (TPSA) is 88.3 Å². The minimum Gasteiger partial charge on any atom is -0.355 e. The SMILES string of the molecule is O=C(NCC(=O)N1CCCC1c1ccncc1)c1cc(-c2ccccc2)on1. The van der Waals surface area contributed by atoms with Gasteiger partial charge >= 0.3 is 0 Å². The largest absolute Gasteiger partial charge is 0.355 e. The Morgan fingerprint density at radius 3 is 2.71 bits per heavy atom. The molecule has 142 valence electrons. The van der Waals surface area contributed by atoms with Gasteiger partial charge in [0.25, 0.3) is 5.91 Å². The summed E-state index contributed by atoms with van der Waals surface area (Å²) in [4.78, 5) is 30.8. The van der Waals surface area contributed by atoms with Crippen LogP contribution in [0.2, 0.25) is 0 Å². The van der Waals surface area contributed by atoms with Gasteiger partial charge in [-0.1, -0.05) is 35.5 Å².